The van der Waals surface area contributed by atoms with E-state index in [9.17, 15) is 4.79 Å². The standard InChI is InChI=1S/C21H27N5OS/c1-25(2)12-7-11-22-19(27)10-13-26(3)20-17-14-18(16-8-5-4-6-9-16)28-21(17)24-15-23-20/h4-6,8-9,14-15H,7,10-13H2,1-3H3,(H,22,27). The van der Waals surface area contributed by atoms with Gasteiger partial charge in [-0.3, -0.25) is 4.79 Å². The molecule has 148 valence electrons. The summed E-state index contributed by atoms with van der Waals surface area (Å²) in [6, 6.07) is 12.4. The maximum Gasteiger partial charge on any atom is 0.221 e. The summed E-state index contributed by atoms with van der Waals surface area (Å²) in [5, 5.41) is 4.01. The van der Waals surface area contributed by atoms with Crippen LogP contribution in [0, 0.1) is 0 Å². The van der Waals surface area contributed by atoms with E-state index in [1.54, 1.807) is 17.7 Å². The van der Waals surface area contributed by atoms with Crippen molar-refractivity contribution in [1.29, 1.82) is 0 Å². The molecule has 1 N–H and O–H groups in total. The van der Waals surface area contributed by atoms with Gasteiger partial charge >= 0.3 is 0 Å². The lowest BCUT2D eigenvalue weighted by atomic mass is 10.2. The third-order valence-corrected chi connectivity index (χ3v) is 5.60. The maximum atomic E-state index is 12.1. The number of anilines is 1. The average Bonchev–Trinajstić information content (AvgIpc) is 3.14. The van der Waals surface area contributed by atoms with Crippen molar-refractivity contribution in [2.75, 3.05) is 45.7 Å². The molecular weight excluding hydrogens is 370 g/mol. The van der Waals surface area contributed by atoms with Crippen molar-refractivity contribution >= 4 is 33.3 Å². The summed E-state index contributed by atoms with van der Waals surface area (Å²) in [4.78, 5) is 27.3. The number of nitrogens with zero attached hydrogens (tertiary/aromatic N) is 4. The van der Waals surface area contributed by atoms with Crippen LogP contribution in [0.4, 0.5) is 5.82 Å². The molecule has 0 aliphatic carbocycles. The van der Waals surface area contributed by atoms with E-state index in [-0.39, 0.29) is 5.91 Å². The summed E-state index contributed by atoms with van der Waals surface area (Å²) in [6.45, 7) is 2.30. The Morgan fingerprint density at radius 3 is 2.64 bits per heavy atom. The lowest BCUT2D eigenvalue weighted by molar-refractivity contribution is -0.120. The summed E-state index contributed by atoms with van der Waals surface area (Å²) < 4.78 is 0. The lowest BCUT2D eigenvalue weighted by Crippen LogP contribution is -2.31. The molecule has 2 heterocycles. The Labute approximate surface area is 170 Å². The van der Waals surface area contributed by atoms with Crippen molar-refractivity contribution < 1.29 is 4.79 Å². The molecule has 0 saturated heterocycles. The van der Waals surface area contributed by atoms with Crippen LogP contribution in [0.25, 0.3) is 20.7 Å². The Morgan fingerprint density at radius 2 is 1.89 bits per heavy atom. The van der Waals surface area contributed by atoms with Crippen LogP contribution in [0.2, 0.25) is 0 Å². The summed E-state index contributed by atoms with van der Waals surface area (Å²) in [7, 11) is 6.04. The molecule has 3 rings (SSSR count). The molecule has 0 radical (unpaired) electrons. The molecule has 0 fully saturated rings. The van der Waals surface area contributed by atoms with Crippen molar-refractivity contribution in [3.8, 4) is 10.4 Å². The molecular formula is C21H27N5OS. The van der Waals surface area contributed by atoms with Gasteiger partial charge in [0.2, 0.25) is 5.91 Å². The minimum absolute atomic E-state index is 0.0752. The zero-order chi connectivity index (χ0) is 19.9. The number of thiophene rings is 1. The molecule has 1 aromatic carbocycles. The van der Waals surface area contributed by atoms with E-state index in [1.165, 1.54) is 10.4 Å². The van der Waals surface area contributed by atoms with Gasteiger partial charge in [0, 0.05) is 31.4 Å². The predicted octanol–water partition coefficient (Wildman–Crippen LogP) is 3.25. The van der Waals surface area contributed by atoms with E-state index in [0.29, 0.717) is 19.5 Å². The molecule has 3 aromatic rings. The molecule has 0 unspecified atom stereocenters. The quantitative estimate of drug-likeness (QED) is 0.562. The van der Waals surface area contributed by atoms with E-state index in [1.807, 2.05) is 44.2 Å². The largest absolute Gasteiger partial charge is 0.359 e. The van der Waals surface area contributed by atoms with Gasteiger partial charge in [0.25, 0.3) is 0 Å². The Bertz CT molecular complexity index is 910. The minimum atomic E-state index is 0.0752. The second kappa shape index (κ2) is 9.61. The summed E-state index contributed by atoms with van der Waals surface area (Å²) in [5.41, 5.74) is 1.18. The maximum absolute atomic E-state index is 12.1. The SMILES string of the molecule is CN(C)CCCNC(=O)CCN(C)c1ncnc2sc(-c3ccccc3)cc12. The second-order valence-corrected chi connectivity index (χ2v) is 8.10. The monoisotopic (exact) mass is 397 g/mol. The van der Waals surface area contributed by atoms with E-state index in [0.717, 1.165) is 29.0 Å². The number of hydrogen-bond donors (Lipinski definition) is 1. The van der Waals surface area contributed by atoms with Gasteiger partial charge < -0.3 is 15.1 Å². The van der Waals surface area contributed by atoms with Gasteiger partial charge in [-0.2, -0.15) is 0 Å². The number of aromatic nitrogens is 2. The highest BCUT2D eigenvalue weighted by atomic mass is 32.1. The van der Waals surface area contributed by atoms with Crippen LogP contribution in [0.3, 0.4) is 0 Å². The zero-order valence-corrected chi connectivity index (χ0v) is 17.5. The number of amides is 1. The van der Waals surface area contributed by atoms with E-state index >= 15 is 0 Å². The summed E-state index contributed by atoms with van der Waals surface area (Å²) in [5.74, 6) is 0.940. The molecule has 6 nitrogen and oxygen atoms in total. The fourth-order valence-corrected chi connectivity index (χ4v) is 3.98. The highest BCUT2D eigenvalue weighted by Crippen LogP contribution is 2.35. The third kappa shape index (κ3) is 5.27. The normalized spacial score (nSPS) is 11.1. The average molecular weight is 398 g/mol. The van der Waals surface area contributed by atoms with E-state index in [2.05, 4.69) is 38.4 Å². The fraction of sp³-hybridized carbons (Fsp3) is 0.381. The van der Waals surface area contributed by atoms with Crippen LogP contribution in [-0.4, -0.2) is 61.6 Å². The van der Waals surface area contributed by atoms with Crippen molar-refractivity contribution in [2.24, 2.45) is 0 Å². The van der Waals surface area contributed by atoms with Crippen LogP contribution in [0.1, 0.15) is 12.8 Å². The van der Waals surface area contributed by atoms with E-state index < -0.39 is 0 Å². The van der Waals surface area contributed by atoms with Crippen molar-refractivity contribution in [2.45, 2.75) is 12.8 Å². The molecule has 0 saturated carbocycles. The molecule has 0 aliphatic heterocycles. The first-order valence-electron chi connectivity index (χ1n) is 9.47. The van der Waals surface area contributed by atoms with E-state index in [4.69, 9.17) is 0 Å². The topological polar surface area (TPSA) is 61.4 Å². The predicted molar refractivity (Wildman–Crippen MR) is 117 cm³/mol. The van der Waals surface area contributed by atoms with Crippen LogP contribution < -0.4 is 10.2 Å². The number of benzene rings is 1. The van der Waals surface area contributed by atoms with Gasteiger partial charge in [0.05, 0.1) is 5.39 Å². The highest BCUT2D eigenvalue weighted by molar-refractivity contribution is 7.21. The number of carbonyl (C=O) groups is 1. The molecule has 0 aliphatic rings. The highest BCUT2D eigenvalue weighted by Gasteiger charge is 2.14. The van der Waals surface area contributed by atoms with Crippen molar-refractivity contribution in [3.63, 3.8) is 0 Å². The van der Waals surface area contributed by atoms with Crippen molar-refractivity contribution in [1.82, 2.24) is 20.2 Å². The third-order valence-electron chi connectivity index (χ3n) is 4.51. The Balaban J connectivity index is 1.63. The first-order valence-corrected chi connectivity index (χ1v) is 10.3. The molecule has 0 spiro atoms. The molecule has 7 heteroatoms. The molecule has 1 amide bonds. The first kappa shape index (κ1) is 20.2. The van der Waals surface area contributed by atoms with Gasteiger partial charge in [-0.05, 0) is 38.7 Å². The Kier molecular flexibility index (Phi) is 6.95. The minimum Gasteiger partial charge on any atom is -0.359 e. The molecule has 0 bridgehead atoms. The van der Waals surface area contributed by atoms with Crippen molar-refractivity contribution in [3.05, 3.63) is 42.7 Å². The summed E-state index contributed by atoms with van der Waals surface area (Å²) in [6.07, 6.45) is 3.00. The van der Waals surface area contributed by atoms with Crippen LogP contribution in [-0.2, 0) is 4.79 Å². The number of hydrogen-bond acceptors (Lipinski definition) is 6. The number of nitrogens with one attached hydrogen (secondary N) is 1. The van der Waals surface area contributed by atoms with Gasteiger partial charge in [0.1, 0.15) is 17.0 Å². The number of rotatable bonds is 9. The van der Waals surface area contributed by atoms with Gasteiger partial charge in [-0.15, -0.1) is 11.3 Å². The molecule has 0 atom stereocenters. The Morgan fingerprint density at radius 1 is 1.11 bits per heavy atom. The molecule has 2 aromatic heterocycles. The van der Waals surface area contributed by atoms with Crippen LogP contribution >= 0.6 is 11.3 Å². The fourth-order valence-electron chi connectivity index (χ4n) is 2.98. The summed E-state index contributed by atoms with van der Waals surface area (Å²) >= 11 is 1.66. The lowest BCUT2D eigenvalue weighted by Gasteiger charge is -2.18. The van der Waals surface area contributed by atoms with Crippen LogP contribution in [0.5, 0.6) is 0 Å². The smallest absolute Gasteiger partial charge is 0.221 e. The first-order chi connectivity index (χ1) is 13.5. The van der Waals surface area contributed by atoms with Gasteiger partial charge in [0.15, 0.2) is 0 Å². The number of carbonyl (C=O) groups excluding carboxylic acids is 1. The molecule has 28 heavy (non-hydrogen) atoms. The second-order valence-electron chi connectivity index (χ2n) is 7.07. The Hall–Kier alpha value is -2.51. The van der Waals surface area contributed by atoms with Gasteiger partial charge in [-0.1, -0.05) is 30.3 Å². The number of fused-ring (bicyclic) bond motifs is 1. The van der Waals surface area contributed by atoms with Gasteiger partial charge in [-0.25, -0.2) is 9.97 Å². The van der Waals surface area contributed by atoms with Crippen LogP contribution in [0.15, 0.2) is 42.7 Å². The zero-order valence-electron chi connectivity index (χ0n) is 16.7.